The fourth-order valence-corrected chi connectivity index (χ4v) is 3.23. The molecule has 0 unspecified atom stereocenters. The van der Waals surface area contributed by atoms with Crippen LogP contribution in [0.25, 0.3) is 5.31 Å². The van der Waals surface area contributed by atoms with Crippen molar-refractivity contribution in [3.63, 3.8) is 0 Å². The van der Waals surface area contributed by atoms with Crippen LogP contribution in [0.1, 0.15) is 19.4 Å². The van der Waals surface area contributed by atoms with Crippen molar-refractivity contribution >= 4 is 12.9 Å². The molecule has 0 bridgehead atoms. The highest BCUT2D eigenvalue weighted by molar-refractivity contribution is 7.65. The number of benzene rings is 1. The highest BCUT2D eigenvalue weighted by Gasteiger charge is 2.29. The highest BCUT2D eigenvalue weighted by Crippen LogP contribution is 2.59. The molecule has 0 aliphatic heterocycles. The van der Waals surface area contributed by atoms with Gasteiger partial charge in [0.05, 0.1) is 32.7 Å². The Morgan fingerprint density at radius 2 is 1.65 bits per heavy atom. The lowest BCUT2D eigenvalue weighted by molar-refractivity contribution is 0.230. The summed E-state index contributed by atoms with van der Waals surface area (Å²) >= 11 is 0. The van der Waals surface area contributed by atoms with Crippen molar-refractivity contribution in [2.24, 2.45) is 0 Å². The fraction of sp³-hybridized carbons (Fsp3) is 0.429. The summed E-state index contributed by atoms with van der Waals surface area (Å²) in [6.45, 7) is 7.93. The number of hydrogen-bond donors (Lipinski definition) is 0. The van der Waals surface area contributed by atoms with E-state index in [1.165, 1.54) is 7.11 Å². The molecule has 5 nitrogen and oxygen atoms in total. The predicted octanol–water partition coefficient (Wildman–Crippen LogP) is 3.94. The van der Waals surface area contributed by atoms with Gasteiger partial charge in [0, 0.05) is 0 Å². The summed E-state index contributed by atoms with van der Waals surface area (Å²) in [5.41, 5.74) is 0.632. The quantitative estimate of drug-likeness (QED) is 0.681. The lowest BCUT2D eigenvalue weighted by atomic mass is 10.2. The Morgan fingerprint density at radius 1 is 1.10 bits per heavy atom. The second kappa shape index (κ2) is 7.48. The SMILES string of the molecule is C=C(c1ccc(OC)c(OC)c1)P(=O)(OCC)OCC. The molecular weight excluding hydrogens is 279 g/mol. The average molecular weight is 300 g/mol. The molecule has 0 aromatic heterocycles. The van der Waals surface area contributed by atoms with Crippen molar-refractivity contribution < 1.29 is 23.1 Å². The van der Waals surface area contributed by atoms with E-state index in [4.69, 9.17) is 18.5 Å². The van der Waals surface area contributed by atoms with E-state index in [9.17, 15) is 4.57 Å². The molecule has 0 spiro atoms. The Bertz CT molecular complexity index is 502. The van der Waals surface area contributed by atoms with Gasteiger partial charge in [-0.1, -0.05) is 12.6 Å². The van der Waals surface area contributed by atoms with Gasteiger partial charge in [0.1, 0.15) is 0 Å². The van der Waals surface area contributed by atoms with E-state index in [2.05, 4.69) is 6.58 Å². The Kier molecular flexibility index (Phi) is 6.27. The molecule has 0 heterocycles. The van der Waals surface area contributed by atoms with Gasteiger partial charge in [0.2, 0.25) is 0 Å². The molecule has 1 aromatic rings. The number of methoxy groups -OCH3 is 2. The van der Waals surface area contributed by atoms with Crippen LogP contribution >= 0.6 is 7.60 Å². The van der Waals surface area contributed by atoms with Crippen molar-refractivity contribution in [1.29, 1.82) is 0 Å². The van der Waals surface area contributed by atoms with Gasteiger partial charge in [-0.2, -0.15) is 0 Å². The molecule has 112 valence electrons. The normalized spacial score (nSPS) is 11.2. The van der Waals surface area contributed by atoms with Crippen LogP contribution in [-0.4, -0.2) is 27.4 Å². The highest BCUT2D eigenvalue weighted by atomic mass is 31.2. The minimum absolute atomic E-state index is 0.281. The number of rotatable bonds is 8. The molecule has 0 fully saturated rings. The summed E-state index contributed by atoms with van der Waals surface area (Å²) in [4.78, 5) is 0. The van der Waals surface area contributed by atoms with Gasteiger partial charge >= 0.3 is 7.60 Å². The summed E-state index contributed by atoms with van der Waals surface area (Å²) in [5, 5.41) is 0.308. The first-order valence-electron chi connectivity index (χ1n) is 6.33. The lowest BCUT2D eigenvalue weighted by Crippen LogP contribution is -1.99. The van der Waals surface area contributed by atoms with Gasteiger partial charge in [0.25, 0.3) is 0 Å². The first-order chi connectivity index (χ1) is 9.52. The molecule has 0 aliphatic carbocycles. The van der Waals surface area contributed by atoms with E-state index in [0.29, 0.717) is 22.4 Å². The zero-order valence-electron chi connectivity index (χ0n) is 12.3. The standard InChI is InChI=1S/C14H21O5P/c1-6-18-20(15,19-7-2)11(3)12-8-9-13(16-4)14(10-12)17-5/h8-10H,3,6-7H2,1-2,4-5H3. The van der Waals surface area contributed by atoms with E-state index in [-0.39, 0.29) is 13.2 Å². The number of hydrogen-bond acceptors (Lipinski definition) is 5. The summed E-state index contributed by atoms with van der Waals surface area (Å²) in [6.07, 6.45) is 0. The topological polar surface area (TPSA) is 54.0 Å². The van der Waals surface area contributed by atoms with Crippen molar-refractivity contribution in [1.82, 2.24) is 0 Å². The zero-order chi connectivity index (χ0) is 15.2. The molecule has 1 aromatic carbocycles. The van der Waals surface area contributed by atoms with Crippen LogP contribution in [0.5, 0.6) is 11.5 Å². The third-order valence-corrected chi connectivity index (χ3v) is 4.76. The van der Waals surface area contributed by atoms with E-state index in [1.54, 1.807) is 39.2 Å². The van der Waals surface area contributed by atoms with E-state index in [0.717, 1.165) is 0 Å². The largest absolute Gasteiger partial charge is 0.493 e. The van der Waals surface area contributed by atoms with Crippen LogP contribution in [0, 0.1) is 0 Å². The third kappa shape index (κ3) is 3.63. The molecule has 20 heavy (non-hydrogen) atoms. The van der Waals surface area contributed by atoms with Crippen molar-refractivity contribution in [3.05, 3.63) is 30.3 Å². The summed E-state index contributed by atoms with van der Waals surface area (Å²) in [6, 6.07) is 5.17. The third-order valence-electron chi connectivity index (χ3n) is 2.65. The van der Waals surface area contributed by atoms with Crippen LogP contribution in [0.4, 0.5) is 0 Å². The molecule has 6 heteroatoms. The first-order valence-corrected chi connectivity index (χ1v) is 7.87. The Labute approximate surface area is 120 Å². The van der Waals surface area contributed by atoms with Crippen LogP contribution in [0.15, 0.2) is 24.8 Å². The molecule has 0 N–H and O–H groups in total. The van der Waals surface area contributed by atoms with Crippen molar-refractivity contribution in [2.45, 2.75) is 13.8 Å². The molecule has 0 saturated heterocycles. The Balaban J connectivity index is 3.15. The van der Waals surface area contributed by atoms with Crippen LogP contribution in [0.3, 0.4) is 0 Å². The van der Waals surface area contributed by atoms with E-state index in [1.807, 2.05) is 0 Å². The molecule has 0 aliphatic rings. The van der Waals surface area contributed by atoms with Crippen LogP contribution in [-0.2, 0) is 13.6 Å². The summed E-state index contributed by atoms with van der Waals surface area (Å²) < 4.78 is 33.6. The summed E-state index contributed by atoms with van der Waals surface area (Å²) in [5.74, 6) is 1.12. The van der Waals surface area contributed by atoms with Gasteiger partial charge in [-0.25, -0.2) is 0 Å². The maximum Gasteiger partial charge on any atom is 0.361 e. The maximum absolute atomic E-state index is 12.7. The van der Waals surface area contributed by atoms with Crippen molar-refractivity contribution in [2.75, 3.05) is 27.4 Å². The van der Waals surface area contributed by atoms with Gasteiger partial charge in [-0.05, 0) is 31.5 Å². The van der Waals surface area contributed by atoms with Crippen LogP contribution < -0.4 is 9.47 Å². The van der Waals surface area contributed by atoms with E-state index < -0.39 is 7.60 Å². The second-order valence-corrected chi connectivity index (χ2v) is 5.90. The predicted molar refractivity (Wildman–Crippen MR) is 79.4 cm³/mol. The monoisotopic (exact) mass is 300 g/mol. The van der Waals surface area contributed by atoms with Gasteiger partial charge in [0.15, 0.2) is 11.5 Å². The number of ether oxygens (including phenoxy) is 2. The molecule has 0 saturated carbocycles. The van der Waals surface area contributed by atoms with E-state index >= 15 is 0 Å². The fourth-order valence-electron chi connectivity index (χ4n) is 1.71. The Morgan fingerprint density at radius 3 is 2.10 bits per heavy atom. The smallest absolute Gasteiger partial charge is 0.361 e. The van der Waals surface area contributed by atoms with Crippen LogP contribution in [0.2, 0.25) is 0 Å². The molecule has 0 radical (unpaired) electrons. The van der Waals surface area contributed by atoms with Gasteiger partial charge in [-0.3, -0.25) is 4.57 Å². The zero-order valence-corrected chi connectivity index (χ0v) is 13.2. The Hall–Kier alpha value is -1.29. The molecule has 0 amide bonds. The maximum atomic E-state index is 12.7. The van der Waals surface area contributed by atoms with Crippen molar-refractivity contribution in [3.8, 4) is 11.5 Å². The lowest BCUT2D eigenvalue weighted by Gasteiger charge is -2.20. The van der Waals surface area contributed by atoms with Gasteiger partial charge in [-0.15, -0.1) is 0 Å². The molecular formula is C14H21O5P. The minimum Gasteiger partial charge on any atom is -0.493 e. The molecule has 0 atom stereocenters. The second-order valence-electron chi connectivity index (χ2n) is 3.85. The minimum atomic E-state index is -3.38. The van der Waals surface area contributed by atoms with Gasteiger partial charge < -0.3 is 18.5 Å². The summed E-state index contributed by atoms with van der Waals surface area (Å²) in [7, 11) is -0.287. The molecule has 1 rings (SSSR count). The average Bonchev–Trinajstić information content (AvgIpc) is 2.46. The first kappa shape index (κ1) is 16.8.